The van der Waals surface area contributed by atoms with Crippen molar-refractivity contribution in [3.05, 3.63) is 34.3 Å². The van der Waals surface area contributed by atoms with Crippen LogP contribution in [0.15, 0.2) is 28.7 Å². The predicted octanol–water partition coefficient (Wildman–Crippen LogP) is 1.59. The first-order valence-corrected chi connectivity index (χ1v) is 6.66. The smallest absolute Gasteiger partial charge is 0.212 e. The van der Waals surface area contributed by atoms with Gasteiger partial charge in [-0.25, -0.2) is 13.6 Å². The Labute approximate surface area is 91.5 Å². The van der Waals surface area contributed by atoms with Crippen LogP contribution in [0.25, 0.3) is 0 Å². The van der Waals surface area contributed by atoms with E-state index in [0.717, 1.165) is 10.0 Å². The number of benzene rings is 1. The average molecular weight is 276 g/mol. The third-order valence-corrected chi connectivity index (χ3v) is 4.29. The summed E-state index contributed by atoms with van der Waals surface area (Å²) in [6.07, 6.45) is 0.648. The van der Waals surface area contributed by atoms with Crippen LogP contribution in [0.1, 0.15) is 17.9 Å². The first kappa shape index (κ1) is 10.1. The molecule has 0 heterocycles. The van der Waals surface area contributed by atoms with Gasteiger partial charge in [-0.15, -0.1) is 0 Å². The lowest BCUT2D eigenvalue weighted by molar-refractivity contribution is 0.595. The van der Waals surface area contributed by atoms with Gasteiger partial charge in [-0.05, 0) is 24.1 Å². The lowest BCUT2D eigenvalue weighted by atomic mass is 10.1. The Hall–Kier alpha value is -0.390. The highest BCUT2D eigenvalue weighted by Crippen LogP contribution is 2.45. The van der Waals surface area contributed by atoms with E-state index >= 15 is 0 Å². The first-order valence-electron chi connectivity index (χ1n) is 4.25. The van der Waals surface area contributed by atoms with E-state index in [1.165, 1.54) is 0 Å². The number of hydrogen-bond donors (Lipinski definition) is 1. The lowest BCUT2D eigenvalue weighted by Crippen LogP contribution is -2.18. The van der Waals surface area contributed by atoms with E-state index in [9.17, 15) is 8.42 Å². The predicted molar refractivity (Wildman–Crippen MR) is 58.4 cm³/mol. The minimum atomic E-state index is -3.36. The normalized spacial score (nSPS) is 26.1. The Morgan fingerprint density at radius 2 is 2.14 bits per heavy atom. The second-order valence-corrected chi connectivity index (χ2v) is 6.22. The van der Waals surface area contributed by atoms with E-state index in [-0.39, 0.29) is 11.2 Å². The van der Waals surface area contributed by atoms with Crippen LogP contribution in [0.3, 0.4) is 0 Å². The van der Waals surface area contributed by atoms with E-state index in [4.69, 9.17) is 5.14 Å². The van der Waals surface area contributed by atoms with Gasteiger partial charge in [0.2, 0.25) is 10.0 Å². The highest BCUT2D eigenvalue weighted by atomic mass is 79.9. The van der Waals surface area contributed by atoms with Gasteiger partial charge in [-0.2, -0.15) is 0 Å². The lowest BCUT2D eigenvalue weighted by Gasteiger charge is -1.99. The maximum atomic E-state index is 11.0. The minimum absolute atomic E-state index is 0.0856. The SMILES string of the molecule is NS(=O)(=O)[C@@H]1C[C@H]1c1cccc(Br)c1. The Balaban J connectivity index is 2.22. The van der Waals surface area contributed by atoms with Gasteiger partial charge in [-0.1, -0.05) is 28.1 Å². The summed E-state index contributed by atoms with van der Waals surface area (Å²) >= 11 is 3.35. The van der Waals surface area contributed by atoms with Gasteiger partial charge in [0.15, 0.2) is 0 Å². The van der Waals surface area contributed by atoms with Crippen molar-refractivity contribution in [3.63, 3.8) is 0 Å². The molecule has 0 saturated heterocycles. The van der Waals surface area contributed by atoms with Gasteiger partial charge < -0.3 is 0 Å². The van der Waals surface area contributed by atoms with Crippen molar-refractivity contribution in [2.75, 3.05) is 0 Å². The zero-order valence-corrected chi connectivity index (χ0v) is 9.75. The molecule has 0 unspecified atom stereocenters. The van der Waals surface area contributed by atoms with Gasteiger partial charge in [-0.3, -0.25) is 0 Å². The van der Waals surface area contributed by atoms with Crippen LogP contribution in [-0.4, -0.2) is 13.7 Å². The van der Waals surface area contributed by atoms with Crippen LogP contribution in [0.5, 0.6) is 0 Å². The fourth-order valence-corrected chi connectivity index (χ4v) is 3.13. The van der Waals surface area contributed by atoms with Crippen molar-refractivity contribution >= 4 is 26.0 Å². The van der Waals surface area contributed by atoms with Crippen LogP contribution in [0.2, 0.25) is 0 Å². The summed E-state index contributed by atoms with van der Waals surface area (Å²) in [5.74, 6) is 0.0856. The van der Waals surface area contributed by atoms with Crippen molar-refractivity contribution in [1.29, 1.82) is 0 Å². The van der Waals surface area contributed by atoms with E-state index in [0.29, 0.717) is 6.42 Å². The second kappa shape index (κ2) is 3.32. The van der Waals surface area contributed by atoms with E-state index in [1.807, 2.05) is 24.3 Å². The van der Waals surface area contributed by atoms with E-state index in [1.54, 1.807) is 0 Å². The Kier molecular flexibility index (Phi) is 2.41. The van der Waals surface area contributed by atoms with Crippen LogP contribution in [0.4, 0.5) is 0 Å². The fourth-order valence-electron chi connectivity index (χ4n) is 1.62. The number of halogens is 1. The Bertz CT molecular complexity index is 458. The van der Waals surface area contributed by atoms with Gasteiger partial charge in [0.05, 0.1) is 5.25 Å². The second-order valence-electron chi connectivity index (χ2n) is 3.52. The summed E-state index contributed by atoms with van der Waals surface area (Å²) in [4.78, 5) is 0. The summed E-state index contributed by atoms with van der Waals surface area (Å²) in [7, 11) is -3.36. The van der Waals surface area contributed by atoms with E-state index < -0.39 is 10.0 Å². The molecule has 1 aliphatic carbocycles. The molecule has 0 aromatic heterocycles. The molecule has 2 rings (SSSR count). The fraction of sp³-hybridized carbons (Fsp3) is 0.333. The highest BCUT2D eigenvalue weighted by Gasteiger charge is 2.46. The summed E-state index contributed by atoms with van der Waals surface area (Å²) in [6, 6.07) is 7.69. The molecule has 5 heteroatoms. The van der Waals surface area contributed by atoms with E-state index in [2.05, 4.69) is 15.9 Å². The molecule has 0 spiro atoms. The van der Waals surface area contributed by atoms with Crippen molar-refractivity contribution in [1.82, 2.24) is 0 Å². The van der Waals surface area contributed by atoms with Crippen molar-refractivity contribution < 1.29 is 8.42 Å². The van der Waals surface area contributed by atoms with Gasteiger partial charge >= 0.3 is 0 Å². The third kappa shape index (κ3) is 1.99. The van der Waals surface area contributed by atoms with Gasteiger partial charge in [0.1, 0.15) is 0 Å². The maximum Gasteiger partial charge on any atom is 0.212 e. The van der Waals surface area contributed by atoms with Gasteiger partial charge in [0, 0.05) is 10.4 Å². The average Bonchev–Trinajstić information content (AvgIpc) is 2.81. The monoisotopic (exact) mass is 275 g/mol. The topological polar surface area (TPSA) is 60.2 Å². The van der Waals surface area contributed by atoms with Crippen molar-refractivity contribution in [2.24, 2.45) is 5.14 Å². The molecule has 14 heavy (non-hydrogen) atoms. The minimum Gasteiger partial charge on any atom is -0.228 e. The number of rotatable bonds is 2. The molecule has 0 amide bonds. The molecule has 2 atom stereocenters. The van der Waals surface area contributed by atoms with Crippen LogP contribution in [-0.2, 0) is 10.0 Å². The Morgan fingerprint density at radius 3 is 2.64 bits per heavy atom. The molecule has 1 aromatic rings. The number of hydrogen-bond acceptors (Lipinski definition) is 2. The molecule has 1 saturated carbocycles. The molecule has 0 radical (unpaired) electrons. The molecule has 76 valence electrons. The highest BCUT2D eigenvalue weighted by molar-refractivity contribution is 9.10. The zero-order chi connectivity index (χ0) is 10.3. The standard InChI is InChI=1S/C9H10BrNO2S/c10-7-3-1-2-6(4-7)8-5-9(8)14(11,12)13/h1-4,8-9H,5H2,(H2,11,12,13)/t8-,9+/m0/s1. The van der Waals surface area contributed by atoms with Gasteiger partial charge in [0.25, 0.3) is 0 Å². The third-order valence-electron chi connectivity index (χ3n) is 2.43. The maximum absolute atomic E-state index is 11.0. The molecule has 1 fully saturated rings. The largest absolute Gasteiger partial charge is 0.228 e. The number of nitrogens with two attached hydrogens (primary N) is 1. The number of primary sulfonamides is 1. The Morgan fingerprint density at radius 1 is 1.43 bits per heavy atom. The van der Waals surface area contributed by atoms with Crippen LogP contribution in [0, 0.1) is 0 Å². The molecular formula is C9H10BrNO2S. The zero-order valence-electron chi connectivity index (χ0n) is 7.35. The first-order chi connectivity index (χ1) is 6.48. The van der Waals surface area contributed by atoms with Crippen molar-refractivity contribution in [3.8, 4) is 0 Å². The summed E-state index contributed by atoms with van der Waals surface area (Å²) in [6.45, 7) is 0. The summed E-state index contributed by atoms with van der Waals surface area (Å²) < 4.78 is 23.0. The summed E-state index contributed by atoms with van der Waals surface area (Å²) in [5, 5.41) is 4.69. The molecule has 2 N–H and O–H groups in total. The quantitative estimate of drug-likeness (QED) is 0.891. The van der Waals surface area contributed by atoms with Crippen LogP contribution < -0.4 is 5.14 Å². The summed E-state index contributed by atoms with van der Waals surface area (Å²) in [5.41, 5.74) is 1.04. The molecule has 0 bridgehead atoms. The van der Waals surface area contributed by atoms with Crippen molar-refractivity contribution in [2.45, 2.75) is 17.6 Å². The molecule has 1 aromatic carbocycles. The molecular weight excluding hydrogens is 266 g/mol. The molecule has 0 aliphatic heterocycles. The van der Waals surface area contributed by atoms with Crippen LogP contribution >= 0.6 is 15.9 Å². The molecule has 3 nitrogen and oxygen atoms in total. The number of sulfonamides is 1. The molecule has 1 aliphatic rings.